The molecule has 80 valence electrons. The summed E-state index contributed by atoms with van der Waals surface area (Å²) in [4.78, 5) is 0. The lowest BCUT2D eigenvalue weighted by Crippen LogP contribution is -2.28. The van der Waals surface area contributed by atoms with Gasteiger partial charge in [0.15, 0.2) is 0 Å². The topological polar surface area (TPSA) is 102 Å². The van der Waals surface area contributed by atoms with Crippen LogP contribution in [0.5, 0.6) is 0 Å². The van der Waals surface area contributed by atoms with Gasteiger partial charge in [-0.25, -0.2) is 0 Å². The summed E-state index contributed by atoms with van der Waals surface area (Å²) in [6.07, 6.45) is 0. The third kappa shape index (κ3) is 2.84. The Hall–Kier alpha value is -1.77. The Kier molecular flexibility index (Phi) is 3.92. The van der Waals surface area contributed by atoms with Gasteiger partial charge in [-0.3, -0.25) is 0 Å². The number of hydrogen-bond donors (Lipinski definition) is 4. The van der Waals surface area contributed by atoms with Gasteiger partial charge in [0.1, 0.15) is 0 Å². The van der Waals surface area contributed by atoms with Gasteiger partial charge in [-0.05, 0) is 18.2 Å². The first kappa shape index (κ1) is 11.3. The van der Waals surface area contributed by atoms with Crippen molar-refractivity contribution >= 4 is 11.4 Å². The minimum atomic E-state index is -0.471. The summed E-state index contributed by atoms with van der Waals surface area (Å²) in [6, 6.07) is 6.30. The second kappa shape index (κ2) is 5.20. The van der Waals surface area contributed by atoms with Crippen LogP contribution in [0.1, 0.15) is 5.56 Å². The van der Waals surface area contributed by atoms with Gasteiger partial charge in [0.25, 0.3) is 0 Å². The predicted molar refractivity (Wildman–Crippen MR) is 57.2 cm³/mol. The number of nitrogen functional groups attached to an aromatic ring is 1. The van der Waals surface area contributed by atoms with E-state index in [2.05, 4.69) is 5.32 Å². The van der Waals surface area contributed by atoms with E-state index in [1.54, 1.807) is 18.2 Å². The molecule has 0 spiro atoms. The number of anilines is 2. The number of nitrogens with two attached hydrogens (primary N) is 1. The lowest BCUT2D eigenvalue weighted by molar-refractivity contribution is 0.204. The van der Waals surface area contributed by atoms with Crippen molar-refractivity contribution in [2.75, 3.05) is 24.3 Å². The maximum Gasteiger partial charge on any atom is 0.0992 e. The van der Waals surface area contributed by atoms with Gasteiger partial charge in [-0.15, -0.1) is 0 Å². The van der Waals surface area contributed by atoms with Crippen LogP contribution in [0.15, 0.2) is 18.2 Å². The second-order valence-corrected chi connectivity index (χ2v) is 3.12. The molecule has 0 saturated heterocycles. The fourth-order valence-corrected chi connectivity index (χ4v) is 1.12. The Bertz CT molecular complexity index is 369. The number of nitriles is 1. The van der Waals surface area contributed by atoms with Crippen LogP contribution in [0.4, 0.5) is 11.4 Å². The summed E-state index contributed by atoms with van der Waals surface area (Å²) in [5.41, 5.74) is 7.16. The number of aliphatic hydroxyl groups excluding tert-OH is 2. The first-order chi connectivity index (χ1) is 7.21. The van der Waals surface area contributed by atoms with Gasteiger partial charge in [0.05, 0.1) is 42.3 Å². The molecule has 1 aromatic carbocycles. The number of hydrogen-bond acceptors (Lipinski definition) is 5. The predicted octanol–water partition coefficient (Wildman–Crippen LogP) is -0.0944. The molecule has 0 radical (unpaired) electrons. The van der Waals surface area contributed by atoms with Gasteiger partial charge in [-0.1, -0.05) is 0 Å². The van der Waals surface area contributed by atoms with Crippen molar-refractivity contribution in [1.82, 2.24) is 0 Å². The smallest absolute Gasteiger partial charge is 0.0992 e. The van der Waals surface area contributed by atoms with Crippen molar-refractivity contribution in [3.05, 3.63) is 23.8 Å². The molecule has 0 aliphatic carbocycles. The number of aliphatic hydroxyl groups is 2. The lowest BCUT2D eigenvalue weighted by atomic mass is 10.1. The van der Waals surface area contributed by atoms with Crippen molar-refractivity contribution in [3.8, 4) is 6.07 Å². The second-order valence-electron chi connectivity index (χ2n) is 3.12. The zero-order chi connectivity index (χ0) is 11.3. The van der Waals surface area contributed by atoms with E-state index >= 15 is 0 Å². The molecule has 0 unspecified atom stereocenters. The van der Waals surface area contributed by atoms with Crippen molar-refractivity contribution in [2.24, 2.45) is 0 Å². The van der Waals surface area contributed by atoms with Gasteiger partial charge in [0, 0.05) is 0 Å². The summed E-state index contributed by atoms with van der Waals surface area (Å²) in [5.74, 6) is 0. The summed E-state index contributed by atoms with van der Waals surface area (Å²) in [7, 11) is 0. The van der Waals surface area contributed by atoms with E-state index in [0.717, 1.165) is 0 Å². The summed E-state index contributed by atoms with van der Waals surface area (Å²) in [5, 5.41) is 29.3. The first-order valence-corrected chi connectivity index (χ1v) is 4.49. The van der Waals surface area contributed by atoms with Crippen LogP contribution in [0.25, 0.3) is 0 Å². The molecule has 15 heavy (non-hydrogen) atoms. The number of nitrogens with zero attached hydrogens (tertiary/aromatic N) is 1. The largest absolute Gasteiger partial charge is 0.397 e. The van der Waals surface area contributed by atoms with Crippen molar-refractivity contribution in [3.63, 3.8) is 0 Å². The summed E-state index contributed by atoms with van der Waals surface area (Å²) >= 11 is 0. The van der Waals surface area contributed by atoms with E-state index in [1.165, 1.54) is 0 Å². The van der Waals surface area contributed by atoms with Gasteiger partial charge >= 0.3 is 0 Å². The maximum atomic E-state index is 8.88. The molecule has 5 N–H and O–H groups in total. The normalized spacial score (nSPS) is 10.0. The van der Waals surface area contributed by atoms with Crippen LogP contribution in [-0.2, 0) is 0 Å². The fraction of sp³-hybridized carbons (Fsp3) is 0.300. The van der Waals surface area contributed by atoms with E-state index in [4.69, 9.17) is 21.2 Å². The fourth-order valence-electron chi connectivity index (χ4n) is 1.12. The quantitative estimate of drug-likeness (QED) is 0.516. The highest BCUT2D eigenvalue weighted by Crippen LogP contribution is 2.20. The Morgan fingerprint density at radius 1 is 1.40 bits per heavy atom. The molecule has 5 heteroatoms. The average molecular weight is 207 g/mol. The van der Waals surface area contributed by atoms with Crippen LogP contribution >= 0.6 is 0 Å². The summed E-state index contributed by atoms with van der Waals surface area (Å²) < 4.78 is 0. The molecule has 0 saturated carbocycles. The third-order valence-electron chi connectivity index (χ3n) is 1.98. The highest BCUT2D eigenvalue weighted by molar-refractivity contribution is 5.68. The van der Waals surface area contributed by atoms with Gasteiger partial charge < -0.3 is 21.3 Å². The molecule has 0 heterocycles. The Morgan fingerprint density at radius 3 is 2.60 bits per heavy atom. The molecule has 0 amide bonds. The average Bonchev–Trinajstić information content (AvgIpc) is 2.28. The molecule has 0 aliphatic rings. The molecule has 0 aromatic heterocycles. The van der Waals surface area contributed by atoms with Crippen LogP contribution in [0.3, 0.4) is 0 Å². The lowest BCUT2D eigenvalue weighted by Gasteiger charge is -2.16. The number of rotatable bonds is 4. The standard InChI is InChI=1S/C10H13N3O2/c11-4-7-1-2-9(12)10(3-7)13-8(5-14)6-15/h1-3,8,13-15H,5-6,12H2. The van der Waals surface area contributed by atoms with E-state index in [1.807, 2.05) is 6.07 Å². The Labute approximate surface area is 87.8 Å². The molecule has 5 nitrogen and oxygen atoms in total. The minimum absolute atomic E-state index is 0.202. The van der Waals surface area contributed by atoms with Crippen LogP contribution in [0, 0.1) is 11.3 Å². The van der Waals surface area contributed by atoms with Crippen molar-refractivity contribution < 1.29 is 10.2 Å². The van der Waals surface area contributed by atoms with Gasteiger partial charge in [-0.2, -0.15) is 5.26 Å². The molecule has 0 fully saturated rings. The first-order valence-electron chi connectivity index (χ1n) is 4.49. The molecule has 1 aromatic rings. The Balaban J connectivity index is 2.88. The molecule has 0 aliphatic heterocycles. The van der Waals surface area contributed by atoms with Crippen molar-refractivity contribution in [2.45, 2.75) is 6.04 Å². The van der Waals surface area contributed by atoms with E-state index in [-0.39, 0.29) is 13.2 Å². The third-order valence-corrected chi connectivity index (χ3v) is 1.98. The zero-order valence-corrected chi connectivity index (χ0v) is 8.14. The minimum Gasteiger partial charge on any atom is -0.397 e. The number of benzene rings is 1. The molecule has 1 rings (SSSR count). The number of nitrogens with one attached hydrogen (secondary N) is 1. The van der Waals surface area contributed by atoms with Gasteiger partial charge in [0.2, 0.25) is 0 Å². The highest BCUT2D eigenvalue weighted by atomic mass is 16.3. The van der Waals surface area contributed by atoms with Crippen LogP contribution in [0.2, 0.25) is 0 Å². The monoisotopic (exact) mass is 207 g/mol. The summed E-state index contributed by atoms with van der Waals surface area (Å²) in [6.45, 7) is -0.403. The van der Waals surface area contributed by atoms with Crippen LogP contribution < -0.4 is 11.1 Å². The van der Waals surface area contributed by atoms with Crippen LogP contribution in [-0.4, -0.2) is 29.5 Å². The SMILES string of the molecule is N#Cc1ccc(N)c(NC(CO)CO)c1. The molecular formula is C10H13N3O2. The maximum absolute atomic E-state index is 8.88. The molecule has 0 bridgehead atoms. The molecular weight excluding hydrogens is 194 g/mol. The van der Waals surface area contributed by atoms with Crippen molar-refractivity contribution in [1.29, 1.82) is 5.26 Å². The van der Waals surface area contributed by atoms with E-state index in [9.17, 15) is 0 Å². The van der Waals surface area contributed by atoms with E-state index in [0.29, 0.717) is 16.9 Å². The zero-order valence-electron chi connectivity index (χ0n) is 8.14. The molecule has 0 atom stereocenters. The Morgan fingerprint density at radius 2 is 2.07 bits per heavy atom. The van der Waals surface area contributed by atoms with E-state index < -0.39 is 6.04 Å². The highest BCUT2D eigenvalue weighted by Gasteiger charge is 2.07.